The summed E-state index contributed by atoms with van der Waals surface area (Å²) < 4.78 is 29.5. The van der Waals surface area contributed by atoms with Crippen molar-refractivity contribution in [2.45, 2.75) is 24.3 Å². The van der Waals surface area contributed by atoms with Crippen LogP contribution in [0.15, 0.2) is 46.8 Å². The lowest BCUT2D eigenvalue weighted by Gasteiger charge is -2.15. The fraction of sp³-hybridized carbons (Fsp3) is 0.381. The number of hydrogen-bond acceptors (Lipinski definition) is 5. The fourth-order valence-corrected chi connectivity index (χ4v) is 6.52. The average Bonchev–Trinajstić information content (AvgIpc) is 3.46. The number of anilines is 1. The second-order valence-corrected chi connectivity index (χ2v) is 10.6. The van der Waals surface area contributed by atoms with E-state index in [9.17, 15) is 13.2 Å². The average molecular weight is 447 g/mol. The van der Waals surface area contributed by atoms with Crippen molar-refractivity contribution in [2.24, 2.45) is 0 Å². The molecule has 1 N–H and O–H groups in total. The van der Waals surface area contributed by atoms with Gasteiger partial charge < -0.3 is 14.8 Å². The van der Waals surface area contributed by atoms with Crippen LogP contribution >= 0.6 is 11.3 Å². The van der Waals surface area contributed by atoms with Crippen LogP contribution < -0.4 is 5.32 Å². The van der Waals surface area contributed by atoms with Gasteiger partial charge in [-0.15, -0.1) is 11.3 Å². The molecule has 4 rings (SSSR count). The van der Waals surface area contributed by atoms with Crippen molar-refractivity contribution in [1.29, 1.82) is 0 Å². The van der Waals surface area contributed by atoms with Crippen molar-refractivity contribution in [2.75, 3.05) is 39.0 Å². The van der Waals surface area contributed by atoms with Gasteiger partial charge in [0.25, 0.3) is 5.91 Å². The zero-order chi connectivity index (χ0) is 21.3. The number of benzene rings is 1. The first-order valence-corrected chi connectivity index (χ1v) is 12.3. The van der Waals surface area contributed by atoms with Gasteiger partial charge in [-0.25, -0.2) is 8.42 Å². The van der Waals surface area contributed by atoms with Gasteiger partial charge in [0, 0.05) is 49.0 Å². The number of carbonyl (C=O) groups excluding carboxylic acids is 1. The summed E-state index contributed by atoms with van der Waals surface area (Å²) in [4.78, 5) is 15.3. The quantitative estimate of drug-likeness (QED) is 0.604. The Kier molecular flexibility index (Phi) is 5.97. The van der Waals surface area contributed by atoms with Gasteiger partial charge in [0.1, 0.15) is 9.77 Å². The van der Waals surface area contributed by atoms with Crippen molar-refractivity contribution in [3.8, 4) is 0 Å². The number of rotatable bonds is 7. The smallest absolute Gasteiger partial charge is 0.267 e. The summed E-state index contributed by atoms with van der Waals surface area (Å²) in [6.07, 6.45) is 3.76. The Bertz CT molecular complexity index is 1160. The van der Waals surface area contributed by atoms with E-state index in [4.69, 9.17) is 0 Å². The molecule has 3 heterocycles. The normalized spacial score (nSPS) is 15.3. The first-order chi connectivity index (χ1) is 14.4. The number of carbonyl (C=O) groups is 1. The Balaban J connectivity index is 1.54. The van der Waals surface area contributed by atoms with Crippen LogP contribution in [0.25, 0.3) is 10.9 Å². The largest absolute Gasteiger partial charge is 0.346 e. The summed E-state index contributed by atoms with van der Waals surface area (Å²) in [5, 5.41) is 5.56. The van der Waals surface area contributed by atoms with Gasteiger partial charge in [-0.3, -0.25) is 4.79 Å². The van der Waals surface area contributed by atoms with Gasteiger partial charge in [0.15, 0.2) is 0 Å². The van der Waals surface area contributed by atoms with Gasteiger partial charge in [-0.05, 0) is 62.6 Å². The third kappa shape index (κ3) is 4.15. The van der Waals surface area contributed by atoms with Crippen LogP contribution in [0.4, 0.5) is 5.69 Å². The van der Waals surface area contributed by atoms with E-state index in [0.29, 0.717) is 18.8 Å². The molecule has 1 aliphatic heterocycles. The number of nitrogens with zero attached hydrogens (tertiary/aromatic N) is 3. The molecule has 160 valence electrons. The Morgan fingerprint density at radius 1 is 1.17 bits per heavy atom. The minimum absolute atomic E-state index is 0.0998. The topological polar surface area (TPSA) is 74.6 Å². The number of fused-ring (bicyclic) bond motifs is 1. The highest BCUT2D eigenvalue weighted by molar-refractivity contribution is 7.89. The highest BCUT2D eigenvalue weighted by atomic mass is 32.2. The maximum Gasteiger partial charge on any atom is 0.267 e. The van der Waals surface area contributed by atoms with Gasteiger partial charge in [-0.2, -0.15) is 4.31 Å². The van der Waals surface area contributed by atoms with Crippen molar-refractivity contribution in [3.05, 3.63) is 46.8 Å². The van der Waals surface area contributed by atoms with E-state index in [1.165, 1.54) is 10.4 Å². The van der Waals surface area contributed by atoms with Crippen LogP contribution in [0.1, 0.15) is 22.5 Å². The third-order valence-electron chi connectivity index (χ3n) is 5.34. The molecule has 1 saturated heterocycles. The number of amides is 1. The Hall–Kier alpha value is -2.20. The fourth-order valence-electron chi connectivity index (χ4n) is 3.70. The number of likely N-dealkylation sites (N-methyl/N-ethyl adjacent to an activating group) is 1. The monoisotopic (exact) mass is 446 g/mol. The molecule has 0 atom stereocenters. The molecule has 0 bridgehead atoms. The minimum Gasteiger partial charge on any atom is -0.346 e. The first kappa shape index (κ1) is 21.0. The number of sulfonamides is 1. The maximum atomic E-state index is 12.9. The molecule has 1 amide bonds. The van der Waals surface area contributed by atoms with Crippen molar-refractivity contribution in [3.63, 3.8) is 0 Å². The SMILES string of the molecule is CN(C)CCn1ccc2cc(NC(=O)c3sccc3S(=O)(=O)N3CCCC3)ccc21. The number of aromatic nitrogens is 1. The standard InChI is InChI=1S/C21H26N4O3S2/c1-23(2)12-13-24-11-7-16-15-17(5-6-18(16)24)22-21(26)20-19(8-14-29-20)30(27,28)25-9-3-4-10-25/h5-8,11,14-15H,3-4,9-10,12-13H2,1-2H3,(H,22,26). The molecule has 1 fully saturated rings. The molecule has 0 radical (unpaired) electrons. The second kappa shape index (κ2) is 8.50. The van der Waals surface area contributed by atoms with E-state index in [1.807, 2.05) is 44.6 Å². The van der Waals surface area contributed by atoms with E-state index < -0.39 is 15.9 Å². The lowest BCUT2D eigenvalue weighted by Crippen LogP contribution is -2.29. The first-order valence-electron chi connectivity index (χ1n) is 9.99. The Labute approximate surface area is 181 Å². The third-order valence-corrected chi connectivity index (χ3v) is 8.32. The number of hydrogen-bond donors (Lipinski definition) is 1. The molecular formula is C21H26N4O3S2. The summed E-state index contributed by atoms with van der Waals surface area (Å²) in [6.45, 7) is 2.85. The highest BCUT2D eigenvalue weighted by Gasteiger charge is 2.31. The van der Waals surface area contributed by atoms with E-state index in [-0.39, 0.29) is 9.77 Å². The molecule has 0 aliphatic carbocycles. The Morgan fingerprint density at radius 3 is 2.67 bits per heavy atom. The molecule has 1 aromatic carbocycles. The van der Waals surface area contributed by atoms with Gasteiger partial charge >= 0.3 is 0 Å². The minimum atomic E-state index is -3.63. The van der Waals surface area contributed by atoms with Gasteiger partial charge in [-0.1, -0.05) is 0 Å². The maximum absolute atomic E-state index is 12.9. The Morgan fingerprint density at radius 2 is 1.93 bits per heavy atom. The summed E-state index contributed by atoms with van der Waals surface area (Å²) in [5.74, 6) is -0.394. The lowest BCUT2D eigenvalue weighted by atomic mass is 10.2. The molecule has 3 aromatic rings. The van der Waals surface area contributed by atoms with Crippen molar-refractivity contribution < 1.29 is 13.2 Å². The predicted molar refractivity (Wildman–Crippen MR) is 121 cm³/mol. The lowest BCUT2D eigenvalue weighted by molar-refractivity contribution is 0.102. The summed E-state index contributed by atoms with van der Waals surface area (Å²) in [6, 6.07) is 9.31. The van der Waals surface area contributed by atoms with Crippen LogP contribution in [0.3, 0.4) is 0 Å². The zero-order valence-electron chi connectivity index (χ0n) is 17.2. The van der Waals surface area contributed by atoms with Crippen molar-refractivity contribution in [1.82, 2.24) is 13.8 Å². The summed E-state index contributed by atoms with van der Waals surface area (Å²) in [5.41, 5.74) is 1.75. The number of nitrogens with one attached hydrogen (secondary N) is 1. The van der Waals surface area contributed by atoms with E-state index >= 15 is 0 Å². The molecule has 1 aliphatic rings. The van der Waals surface area contributed by atoms with Gasteiger partial charge in [0.2, 0.25) is 10.0 Å². The van der Waals surface area contributed by atoms with E-state index in [2.05, 4.69) is 14.8 Å². The van der Waals surface area contributed by atoms with Gasteiger partial charge in [0.05, 0.1) is 0 Å². The predicted octanol–water partition coefficient (Wildman–Crippen LogP) is 3.30. The van der Waals surface area contributed by atoms with Crippen molar-refractivity contribution >= 4 is 43.9 Å². The second-order valence-electron chi connectivity index (χ2n) is 7.77. The van der Waals surface area contributed by atoms with Crippen LogP contribution in [0.5, 0.6) is 0 Å². The zero-order valence-corrected chi connectivity index (χ0v) is 18.8. The molecule has 0 unspecified atom stereocenters. The molecule has 30 heavy (non-hydrogen) atoms. The number of thiophene rings is 1. The molecule has 2 aromatic heterocycles. The van der Waals surface area contributed by atoms with E-state index in [0.717, 1.165) is 48.2 Å². The van der Waals surface area contributed by atoms with Crippen LogP contribution in [-0.2, 0) is 16.6 Å². The van der Waals surface area contributed by atoms with E-state index in [1.54, 1.807) is 5.38 Å². The summed E-state index contributed by atoms with van der Waals surface area (Å²) >= 11 is 1.15. The molecule has 7 nitrogen and oxygen atoms in total. The molecule has 0 saturated carbocycles. The highest BCUT2D eigenvalue weighted by Crippen LogP contribution is 2.29. The van der Waals surface area contributed by atoms with Crippen LogP contribution in [0, 0.1) is 0 Å². The molecular weight excluding hydrogens is 420 g/mol. The summed E-state index contributed by atoms with van der Waals surface area (Å²) in [7, 11) is 0.455. The van der Waals surface area contributed by atoms with Crippen LogP contribution in [0.2, 0.25) is 0 Å². The molecule has 0 spiro atoms. The van der Waals surface area contributed by atoms with Crippen LogP contribution in [-0.4, -0.2) is 61.8 Å². The molecule has 9 heteroatoms.